The van der Waals surface area contributed by atoms with Gasteiger partial charge in [-0.15, -0.1) is 0 Å². The van der Waals surface area contributed by atoms with E-state index in [0.717, 1.165) is 12.8 Å². The molecule has 0 unspecified atom stereocenters. The molecule has 0 aliphatic carbocycles. The lowest BCUT2D eigenvalue weighted by Gasteiger charge is -2.27. The summed E-state index contributed by atoms with van der Waals surface area (Å²) in [4.78, 5) is 11.2. The van der Waals surface area contributed by atoms with Gasteiger partial charge < -0.3 is 18.0 Å². The molecule has 0 saturated carbocycles. The van der Waals surface area contributed by atoms with Crippen LogP contribution in [0.25, 0.3) is 0 Å². The summed E-state index contributed by atoms with van der Waals surface area (Å²) in [5, 5.41) is 0. The topological polar surface area (TPSA) is 54.0 Å². The van der Waals surface area contributed by atoms with Crippen molar-refractivity contribution in [1.82, 2.24) is 0 Å². The number of hydrogen-bond donors (Lipinski definition) is 0. The molecule has 0 rings (SSSR count). The third-order valence-corrected chi connectivity index (χ3v) is 5.41. The summed E-state index contributed by atoms with van der Waals surface area (Å²) < 4.78 is 22.2. The molecule has 0 aromatic heterocycles. The first-order chi connectivity index (χ1) is 9.64. The second-order valence-corrected chi connectivity index (χ2v) is 7.21. The number of allylic oxidation sites excluding steroid dienone is 1. The highest BCUT2D eigenvalue weighted by Crippen LogP contribution is 2.18. The highest BCUT2D eigenvalue weighted by Gasteiger charge is 2.39. The van der Waals surface area contributed by atoms with Crippen molar-refractivity contribution in [3.63, 3.8) is 0 Å². The van der Waals surface area contributed by atoms with Crippen LogP contribution in [0.5, 0.6) is 0 Å². The maximum Gasteiger partial charge on any atom is 0.500 e. The third-order valence-electron chi connectivity index (χ3n) is 2.54. The van der Waals surface area contributed by atoms with E-state index >= 15 is 0 Å². The molecule has 0 aromatic rings. The Morgan fingerprint density at radius 1 is 1.10 bits per heavy atom. The van der Waals surface area contributed by atoms with E-state index in [-0.39, 0.29) is 5.97 Å². The van der Waals surface area contributed by atoms with Crippen molar-refractivity contribution in [3.05, 3.63) is 12.2 Å². The Morgan fingerprint density at radius 3 is 2.15 bits per heavy atom. The number of hydrogen-bond acceptors (Lipinski definition) is 5. The standard InChI is InChI=1S/C14H28O5Si/c1-5-9-14(15)17-12-8-13-20(16-4,18-10-6-2)19-11-7-3/h5,9H,6-8,10-13H2,1-4H3. The van der Waals surface area contributed by atoms with Gasteiger partial charge in [0.15, 0.2) is 0 Å². The van der Waals surface area contributed by atoms with Gasteiger partial charge in [-0.05, 0) is 26.2 Å². The first-order valence-corrected chi connectivity index (χ1v) is 9.19. The van der Waals surface area contributed by atoms with Crippen molar-refractivity contribution >= 4 is 14.8 Å². The summed E-state index contributed by atoms with van der Waals surface area (Å²) in [6.45, 7) is 7.48. The third kappa shape index (κ3) is 8.47. The molecule has 0 fully saturated rings. The smallest absolute Gasteiger partial charge is 0.463 e. The van der Waals surface area contributed by atoms with Crippen molar-refractivity contribution in [2.75, 3.05) is 26.9 Å². The van der Waals surface area contributed by atoms with Gasteiger partial charge in [0.25, 0.3) is 0 Å². The minimum Gasteiger partial charge on any atom is -0.463 e. The number of rotatable bonds is 12. The monoisotopic (exact) mass is 304 g/mol. The molecule has 0 spiro atoms. The molecule has 118 valence electrons. The first-order valence-electron chi connectivity index (χ1n) is 7.26. The van der Waals surface area contributed by atoms with E-state index in [1.54, 1.807) is 20.1 Å². The van der Waals surface area contributed by atoms with Crippen molar-refractivity contribution in [1.29, 1.82) is 0 Å². The molecule has 0 aliphatic rings. The van der Waals surface area contributed by atoms with E-state index in [1.807, 2.05) is 13.8 Å². The quantitative estimate of drug-likeness (QED) is 0.240. The Kier molecular flexibility index (Phi) is 11.7. The molecular formula is C14H28O5Si. The zero-order valence-electron chi connectivity index (χ0n) is 13.1. The first kappa shape index (κ1) is 19.3. The fourth-order valence-corrected chi connectivity index (χ4v) is 3.99. The molecule has 0 aliphatic heterocycles. The molecule has 0 radical (unpaired) electrons. The molecule has 0 N–H and O–H groups in total. The molecule has 0 heterocycles. The van der Waals surface area contributed by atoms with Crippen LogP contribution in [-0.2, 0) is 22.8 Å². The van der Waals surface area contributed by atoms with Crippen LogP contribution in [0.4, 0.5) is 0 Å². The molecular weight excluding hydrogens is 276 g/mol. The lowest BCUT2D eigenvalue weighted by molar-refractivity contribution is -0.137. The predicted octanol–water partition coefficient (Wildman–Crippen LogP) is 2.93. The van der Waals surface area contributed by atoms with Crippen LogP contribution < -0.4 is 0 Å². The Labute approximate surface area is 123 Å². The molecule has 0 atom stereocenters. The van der Waals surface area contributed by atoms with Crippen molar-refractivity contribution in [2.24, 2.45) is 0 Å². The maximum absolute atomic E-state index is 11.2. The van der Waals surface area contributed by atoms with Crippen molar-refractivity contribution in [3.8, 4) is 0 Å². The minimum atomic E-state index is -2.61. The SMILES string of the molecule is CC=CC(=O)OCCC[Si](OC)(OCCC)OCCC. The van der Waals surface area contributed by atoms with Crippen molar-refractivity contribution < 1.29 is 22.8 Å². The average Bonchev–Trinajstić information content (AvgIpc) is 2.46. The van der Waals surface area contributed by atoms with Gasteiger partial charge in [-0.3, -0.25) is 0 Å². The Bertz CT molecular complexity index is 273. The largest absolute Gasteiger partial charge is 0.500 e. The molecule has 0 bridgehead atoms. The molecule has 0 amide bonds. The Morgan fingerprint density at radius 2 is 1.70 bits per heavy atom. The van der Waals surface area contributed by atoms with Crippen LogP contribution in [0.2, 0.25) is 6.04 Å². The molecule has 6 heteroatoms. The van der Waals surface area contributed by atoms with E-state index in [4.69, 9.17) is 18.0 Å². The average molecular weight is 304 g/mol. The fourth-order valence-electron chi connectivity index (χ4n) is 1.57. The van der Waals surface area contributed by atoms with Gasteiger partial charge in [-0.1, -0.05) is 19.9 Å². The Hall–Kier alpha value is -0.693. The minimum absolute atomic E-state index is 0.318. The zero-order valence-corrected chi connectivity index (χ0v) is 14.1. The number of carbonyl (C=O) groups is 1. The van der Waals surface area contributed by atoms with Crippen LogP contribution in [0.3, 0.4) is 0 Å². The van der Waals surface area contributed by atoms with Crippen LogP contribution in [0.15, 0.2) is 12.2 Å². The summed E-state index contributed by atoms with van der Waals surface area (Å²) in [5.41, 5.74) is 0. The van der Waals surface area contributed by atoms with E-state index in [1.165, 1.54) is 6.08 Å². The second-order valence-electron chi connectivity index (χ2n) is 4.36. The van der Waals surface area contributed by atoms with Gasteiger partial charge >= 0.3 is 14.8 Å². The van der Waals surface area contributed by atoms with E-state index in [9.17, 15) is 4.79 Å². The summed E-state index contributed by atoms with van der Waals surface area (Å²) in [6, 6.07) is 0.659. The highest BCUT2D eigenvalue weighted by atomic mass is 28.4. The second kappa shape index (κ2) is 12.1. The summed E-state index contributed by atoms with van der Waals surface area (Å²) >= 11 is 0. The van der Waals surface area contributed by atoms with Gasteiger partial charge in [-0.25, -0.2) is 4.79 Å². The summed E-state index contributed by atoms with van der Waals surface area (Å²) in [6.07, 6.45) is 5.58. The molecule has 0 aromatic carbocycles. The van der Waals surface area contributed by atoms with Gasteiger partial charge in [0, 0.05) is 32.4 Å². The van der Waals surface area contributed by atoms with Gasteiger partial charge in [0.05, 0.1) is 6.61 Å². The number of carbonyl (C=O) groups excluding carboxylic acids is 1. The van der Waals surface area contributed by atoms with E-state index < -0.39 is 8.80 Å². The van der Waals surface area contributed by atoms with Crippen LogP contribution >= 0.6 is 0 Å². The van der Waals surface area contributed by atoms with Gasteiger partial charge in [0.1, 0.15) is 0 Å². The van der Waals surface area contributed by atoms with E-state index in [0.29, 0.717) is 32.3 Å². The number of esters is 1. The molecule has 5 nitrogen and oxygen atoms in total. The fraction of sp³-hybridized carbons (Fsp3) is 0.786. The lowest BCUT2D eigenvalue weighted by Crippen LogP contribution is -2.45. The normalized spacial score (nSPS) is 12.0. The predicted molar refractivity (Wildman–Crippen MR) is 80.4 cm³/mol. The maximum atomic E-state index is 11.2. The lowest BCUT2D eigenvalue weighted by atomic mass is 10.5. The highest BCUT2D eigenvalue weighted by molar-refractivity contribution is 6.60. The summed E-state index contributed by atoms with van der Waals surface area (Å²) in [7, 11) is -0.983. The number of ether oxygens (including phenoxy) is 1. The molecule has 20 heavy (non-hydrogen) atoms. The van der Waals surface area contributed by atoms with Crippen LogP contribution in [-0.4, -0.2) is 41.7 Å². The van der Waals surface area contributed by atoms with Crippen LogP contribution in [0, 0.1) is 0 Å². The Balaban J connectivity index is 4.22. The van der Waals surface area contributed by atoms with Crippen molar-refractivity contribution in [2.45, 2.75) is 46.1 Å². The molecule has 0 saturated heterocycles. The van der Waals surface area contributed by atoms with E-state index in [2.05, 4.69) is 0 Å². The van der Waals surface area contributed by atoms with Crippen LogP contribution in [0.1, 0.15) is 40.0 Å². The summed E-state index contributed by atoms with van der Waals surface area (Å²) in [5.74, 6) is -0.318. The van der Waals surface area contributed by atoms with Gasteiger partial charge in [0.2, 0.25) is 0 Å². The van der Waals surface area contributed by atoms with Gasteiger partial charge in [-0.2, -0.15) is 0 Å². The zero-order chi connectivity index (χ0) is 15.3.